The van der Waals surface area contributed by atoms with E-state index in [0.717, 1.165) is 4.90 Å². The van der Waals surface area contributed by atoms with Gasteiger partial charge in [0.2, 0.25) is 5.95 Å². The Morgan fingerprint density at radius 1 is 1.11 bits per heavy atom. The number of para-hydroxylation sites is 2. The maximum atomic E-state index is 12.4. The van der Waals surface area contributed by atoms with Gasteiger partial charge in [0.25, 0.3) is 5.56 Å². The minimum atomic E-state index is -1.07. The summed E-state index contributed by atoms with van der Waals surface area (Å²) in [5, 5.41) is 12.0. The number of nitrogens with one attached hydrogen (secondary N) is 2. The molecular weight excluding hydrogens is 362 g/mol. The summed E-state index contributed by atoms with van der Waals surface area (Å²) >= 11 is 0. The molecule has 0 saturated carbocycles. The zero-order valence-electron chi connectivity index (χ0n) is 14.6. The third-order valence-corrected chi connectivity index (χ3v) is 3.85. The highest BCUT2D eigenvalue weighted by atomic mass is 16.4. The number of carbonyl (C=O) groups excluding carboxylic acids is 1. The number of anilines is 4. The maximum Gasteiger partial charge on any atom is 0.326 e. The number of urea groups is 1. The number of aliphatic carboxylic acids is 1. The van der Waals surface area contributed by atoms with Crippen LogP contribution in [0, 0.1) is 0 Å². The fraction of sp³-hybridized carbons (Fsp3) is 0.0526. The topological polar surface area (TPSA) is 141 Å². The van der Waals surface area contributed by atoms with Gasteiger partial charge < -0.3 is 16.2 Å². The van der Waals surface area contributed by atoms with Crippen LogP contribution in [0.4, 0.5) is 27.8 Å². The lowest BCUT2D eigenvalue weighted by molar-refractivity contribution is -0.136. The number of hydrogen-bond acceptors (Lipinski definition) is 5. The minimum Gasteiger partial charge on any atom is -0.481 e. The van der Waals surface area contributed by atoms with Crippen LogP contribution in [-0.2, 0) is 11.2 Å². The number of carboxylic acids is 1. The van der Waals surface area contributed by atoms with Gasteiger partial charge >= 0.3 is 12.0 Å². The number of carboxylic acid groups (broad SMARTS) is 1. The lowest BCUT2D eigenvalue weighted by atomic mass is 10.1. The summed E-state index contributed by atoms with van der Waals surface area (Å²) < 4.78 is 0. The predicted octanol–water partition coefficient (Wildman–Crippen LogP) is 2.36. The SMILES string of the molecule is NC(=O)N(c1ncc(Nc2ccccc2)c(=O)[nH]1)c1ccccc1CC(=O)O. The van der Waals surface area contributed by atoms with E-state index in [1.54, 1.807) is 30.3 Å². The van der Waals surface area contributed by atoms with Gasteiger partial charge in [-0.15, -0.1) is 0 Å². The first-order valence-electron chi connectivity index (χ1n) is 8.26. The van der Waals surface area contributed by atoms with Crippen molar-refractivity contribution in [1.82, 2.24) is 9.97 Å². The summed E-state index contributed by atoms with van der Waals surface area (Å²) in [7, 11) is 0. The van der Waals surface area contributed by atoms with E-state index < -0.39 is 17.6 Å². The molecule has 1 heterocycles. The van der Waals surface area contributed by atoms with Crippen molar-refractivity contribution in [2.24, 2.45) is 5.73 Å². The van der Waals surface area contributed by atoms with E-state index in [-0.39, 0.29) is 23.7 Å². The molecule has 3 aromatic rings. The molecule has 0 bridgehead atoms. The molecule has 0 atom stereocenters. The molecule has 1 aromatic heterocycles. The Morgan fingerprint density at radius 2 is 1.79 bits per heavy atom. The Balaban J connectivity index is 1.98. The predicted molar refractivity (Wildman–Crippen MR) is 104 cm³/mol. The molecule has 0 spiro atoms. The van der Waals surface area contributed by atoms with Crippen LogP contribution < -0.4 is 21.5 Å². The van der Waals surface area contributed by atoms with Crippen molar-refractivity contribution in [3.05, 3.63) is 76.7 Å². The van der Waals surface area contributed by atoms with E-state index in [1.165, 1.54) is 12.3 Å². The van der Waals surface area contributed by atoms with E-state index >= 15 is 0 Å². The highest BCUT2D eigenvalue weighted by Gasteiger charge is 2.22. The number of nitrogens with two attached hydrogens (primary N) is 1. The van der Waals surface area contributed by atoms with E-state index in [2.05, 4.69) is 15.3 Å². The number of benzene rings is 2. The molecule has 0 saturated heterocycles. The first-order chi connectivity index (χ1) is 13.5. The molecular formula is C19H17N5O4. The summed E-state index contributed by atoms with van der Waals surface area (Å²) in [5.74, 6) is -1.19. The number of carbonyl (C=O) groups is 2. The van der Waals surface area contributed by atoms with Crippen LogP contribution in [0.2, 0.25) is 0 Å². The Morgan fingerprint density at radius 3 is 2.43 bits per heavy atom. The minimum absolute atomic E-state index is 0.117. The molecule has 3 rings (SSSR count). The smallest absolute Gasteiger partial charge is 0.326 e. The van der Waals surface area contributed by atoms with Crippen molar-refractivity contribution >= 4 is 35.0 Å². The van der Waals surface area contributed by atoms with Gasteiger partial charge in [0.05, 0.1) is 18.3 Å². The van der Waals surface area contributed by atoms with Crippen LogP contribution in [-0.4, -0.2) is 27.1 Å². The molecule has 2 amide bonds. The van der Waals surface area contributed by atoms with Crippen LogP contribution >= 0.6 is 0 Å². The number of aromatic amines is 1. The standard InChI is InChI=1S/C19H17N5O4/c20-18(28)24(15-9-5-4-6-12(15)10-16(25)26)19-21-11-14(17(27)23-19)22-13-7-2-1-3-8-13/h1-9,11,22H,10H2,(H2,20,28)(H,25,26)(H,21,23,27). The second kappa shape index (κ2) is 8.04. The number of rotatable bonds is 6. The molecule has 0 aliphatic rings. The fourth-order valence-corrected chi connectivity index (χ4v) is 2.64. The van der Waals surface area contributed by atoms with Crippen LogP contribution in [0.5, 0.6) is 0 Å². The third kappa shape index (κ3) is 4.15. The Labute approximate surface area is 159 Å². The van der Waals surface area contributed by atoms with Crippen LogP contribution in [0.15, 0.2) is 65.6 Å². The molecule has 9 nitrogen and oxygen atoms in total. The average molecular weight is 379 g/mol. The number of hydrogen-bond donors (Lipinski definition) is 4. The maximum absolute atomic E-state index is 12.4. The number of amides is 2. The first kappa shape index (κ1) is 18.6. The van der Waals surface area contributed by atoms with E-state index in [1.807, 2.05) is 18.2 Å². The van der Waals surface area contributed by atoms with Gasteiger partial charge in [-0.3, -0.25) is 14.6 Å². The van der Waals surface area contributed by atoms with Crippen molar-refractivity contribution < 1.29 is 14.7 Å². The Kier molecular flexibility index (Phi) is 5.35. The molecule has 0 unspecified atom stereocenters. The molecule has 9 heteroatoms. The lowest BCUT2D eigenvalue weighted by Gasteiger charge is -2.21. The highest BCUT2D eigenvalue weighted by Crippen LogP contribution is 2.26. The van der Waals surface area contributed by atoms with Gasteiger partial charge in [-0.05, 0) is 23.8 Å². The van der Waals surface area contributed by atoms with Crippen LogP contribution in [0.25, 0.3) is 0 Å². The normalized spacial score (nSPS) is 10.3. The van der Waals surface area contributed by atoms with E-state index in [4.69, 9.17) is 10.8 Å². The van der Waals surface area contributed by atoms with Gasteiger partial charge in [0.1, 0.15) is 5.69 Å². The lowest BCUT2D eigenvalue weighted by Crippen LogP contribution is -2.35. The van der Waals surface area contributed by atoms with Crippen molar-refractivity contribution in [2.75, 3.05) is 10.2 Å². The second-order valence-electron chi connectivity index (χ2n) is 5.81. The van der Waals surface area contributed by atoms with Crippen molar-refractivity contribution in [2.45, 2.75) is 6.42 Å². The quantitative estimate of drug-likeness (QED) is 0.518. The highest BCUT2D eigenvalue weighted by molar-refractivity contribution is 5.98. The summed E-state index contributed by atoms with van der Waals surface area (Å²) in [6.45, 7) is 0. The first-order valence-corrected chi connectivity index (χ1v) is 8.26. The van der Waals surface area contributed by atoms with E-state index in [0.29, 0.717) is 11.3 Å². The number of aromatic nitrogens is 2. The van der Waals surface area contributed by atoms with Crippen molar-refractivity contribution in [3.8, 4) is 0 Å². The van der Waals surface area contributed by atoms with E-state index in [9.17, 15) is 14.4 Å². The zero-order valence-corrected chi connectivity index (χ0v) is 14.6. The molecule has 0 radical (unpaired) electrons. The monoisotopic (exact) mass is 379 g/mol. The molecule has 0 aliphatic carbocycles. The molecule has 2 aromatic carbocycles. The average Bonchev–Trinajstić information content (AvgIpc) is 2.66. The zero-order chi connectivity index (χ0) is 20.1. The van der Waals surface area contributed by atoms with Gasteiger partial charge in [-0.2, -0.15) is 0 Å². The fourth-order valence-electron chi connectivity index (χ4n) is 2.64. The molecule has 28 heavy (non-hydrogen) atoms. The Bertz CT molecular complexity index is 1070. The number of primary amides is 1. The van der Waals surface area contributed by atoms with Gasteiger partial charge in [-0.25, -0.2) is 14.7 Å². The third-order valence-electron chi connectivity index (χ3n) is 3.85. The van der Waals surface area contributed by atoms with Crippen LogP contribution in [0.3, 0.4) is 0 Å². The number of nitrogens with zero attached hydrogens (tertiary/aromatic N) is 2. The molecule has 5 N–H and O–H groups in total. The Hall–Kier alpha value is -4.14. The molecule has 0 aliphatic heterocycles. The molecule has 142 valence electrons. The second-order valence-corrected chi connectivity index (χ2v) is 5.81. The largest absolute Gasteiger partial charge is 0.481 e. The summed E-state index contributed by atoms with van der Waals surface area (Å²) in [4.78, 5) is 43.2. The molecule has 0 fully saturated rings. The summed E-state index contributed by atoms with van der Waals surface area (Å²) in [5.41, 5.74) is 6.41. The summed E-state index contributed by atoms with van der Waals surface area (Å²) in [6, 6.07) is 14.5. The summed E-state index contributed by atoms with van der Waals surface area (Å²) in [6.07, 6.45) is 0.953. The van der Waals surface area contributed by atoms with Crippen molar-refractivity contribution in [3.63, 3.8) is 0 Å². The van der Waals surface area contributed by atoms with Crippen LogP contribution in [0.1, 0.15) is 5.56 Å². The van der Waals surface area contributed by atoms with Gasteiger partial charge in [0.15, 0.2) is 0 Å². The van der Waals surface area contributed by atoms with Crippen molar-refractivity contribution in [1.29, 1.82) is 0 Å². The van der Waals surface area contributed by atoms with Gasteiger partial charge in [0, 0.05) is 5.69 Å². The number of H-pyrrole nitrogens is 1. The van der Waals surface area contributed by atoms with Gasteiger partial charge in [-0.1, -0.05) is 36.4 Å².